The van der Waals surface area contributed by atoms with Gasteiger partial charge in [0.2, 0.25) is 5.13 Å². The monoisotopic (exact) mass is 492 g/mol. The van der Waals surface area contributed by atoms with Crippen molar-refractivity contribution in [2.75, 3.05) is 24.4 Å². The molecule has 1 aromatic heterocycles. The lowest BCUT2D eigenvalue weighted by Gasteiger charge is -2.13. The Labute approximate surface area is 196 Å². The van der Waals surface area contributed by atoms with E-state index in [9.17, 15) is 22.8 Å². The number of carbonyl (C=O) groups is 2. The van der Waals surface area contributed by atoms with Gasteiger partial charge >= 0.3 is 6.18 Å². The first kappa shape index (κ1) is 23.5. The summed E-state index contributed by atoms with van der Waals surface area (Å²) in [4.78, 5) is 24.7. The number of amides is 2. The van der Waals surface area contributed by atoms with Crippen molar-refractivity contribution >= 4 is 34.0 Å². The van der Waals surface area contributed by atoms with Crippen LogP contribution in [0.5, 0.6) is 11.5 Å². The molecule has 0 radical (unpaired) electrons. The number of hydrogen-bond donors (Lipinski definition) is 2. The van der Waals surface area contributed by atoms with Gasteiger partial charge in [-0.25, -0.2) is 0 Å². The fourth-order valence-electron chi connectivity index (χ4n) is 2.99. The van der Waals surface area contributed by atoms with Crippen molar-refractivity contribution in [2.45, 2.75) is 24.9 Å². The van der Waals surface area contributed by atoms with E-state index in [1.54, 1.807) is 0 Å². The largest absolute Gasteiger partial charge is 0.493 e. The number of halogens is 3. The van der Waals surface area contributed by atoms with E-state index in [4.69, 9.17) is 9.47 Å². The first-order valence-corrected chi connectivity index (χ1v) is 11.0. The Bertz CT molecular complexity index is 1210. The smallest absolute Gasteiger partial charge is 0.416 e. The Balaban J connectivity index is 1.35. The van der Waals surface area contributed by atoms with Crippen molar-refractivity contribution < 1.29 is 32.2 Å². The summed E-state index contributed by atoms with van der Waals surface area (Å²) in [5, 5.41) is 14.4. The van der Waals surface area contributed by atoms with Gasteiger partial charge < -0.3 is 14.8 Å². The Morgan fingerprint density at radius 3 is 2.59 bits per heavy atom. The number of nitrogens with zero attached hydrogens (tertiary/aromatic N) is 2. The molecular formula is C22H19F3N4O4S. The van der Waals surface area contributed by atoms with Crippen molar-refractivity contribution in [2.24, 2.45) is 0 Å². The molecule has 0 aliphatic heterocycles. The number of ether oxygens (including phenoxy) is 2. The van der Waals surface area contributed by atoms with Crippen molar-refractivity contribution in [3.8, 4) is 11.5 Å². The van der Waals surface area contributed by atoms with Crippen LogP contribution in [-0.2, 0) is 11.0 Å². The lowest BCUT2D eigenvalue weighted by atomic mass is 10.2. The predicted octanol–water partition coefficient (Wildman–Crippen LogP) is 4.71. The van der Waals surface area contributed by atoms with Crippen LogP contribution >= 0.6 is 11.3 Å². The van der Waals surface area contributed by atoms with E-state index in [1.807, 2.05) is 0 Å². The zero-order chi connectivity index (χ0) is 24.3. The van der Waals surface area contributed by atoms with Gasteiger partial charge in [-0.1, -0.05) is 17.4 Å². The summed E-state index contributed by atoms with van der Waals surface area (Å²) in [6, 6.07) is 8.66. The Kier molecular flexibility index (Phi) is 6.68. The number of rotatable bonds is 8. The molecule has 1 fully saturated rings. The summed E-state index contributed by atoms with van der Waals surface area (Å²) in [6.07, 6.45) is -2.35. The van der Waals surface area contributed by atoms with Crippen LogP contribution in [0.1, 0.15) is 39.7 Å². The van der Waals surface area contributed by atoms with Gasteiger partial charge in [0, 0.05) is 17.2 Å². The average molecular weight is 492 g/mol. The predicted molar refractivity (Wildman–Crippen MR) is 118 cm³/mol. The zero-order valence-corrected chi connectivity index (χ0v) is 18.6. The summed E-state index contributed by atoms with van der Waals surface area (Å²) < 4.78 is 49.1. The maximum atomic E-state index is 12.8. The van der Waals surface area contributed by atoms with Crippen LogP contribution in [0.3, 0.4) is 0 Å². The molecule has 0 spiro atoms. The van der Waals surface area contributed by atoms with E-state index >= 15 is 0 Å². The highest BCUT2D eigenvalue weighted by Gasteiger charge is 2.30. The molecule has 0 atom stereocenters. The highest BCUT2D eigenvalue weighted by molar-refractivity contribution is 7.15. The van der Waals surface area contributed by atoms with Gasteiger partial charge in [-0.2, -0.15) is 13.2 Å². The van der Waals surface area contributed by atoms with Gasteiger partial charge in [-0.05, 0) is 49.2 Å². The Hall–Kier alpha value is -3.67. The van der Waals surface area contributed by atoms with Gasteiger partial charge in [0.25, 0.3) is 11.8 Å². The number of aromatic nitrogens is 2. The van der Waals surface area contributed by atoms with Gasteiger partial charge in [0.1, 0.15) is 5.01 Å². The molecule has 12 heteroatoms. The summed E-state index contributed by atoms with van der Waals surface area (Å²) >= 11 is 1.34. The maximum Gasteiger partial charge on any atom is 0.416 e. The normalized spacial score (nSPS) is 13.3. The third-order valence-corrected chi connectivity index (χ3v) is 5.85. The minimum Gasteiger partial charge on any atom is -0.493 e. The number of nitrogens with one attached hydrogen (secondary N) is 2. The summed E-state index contributed by atoms with van der Waals surface area (Å²) in [6.45, 7) is -0.479. The van der Waals surface area contributed by atoms with E-state index in [2.05, 4.69) is 20.8 Å². The van der Waals surface area contributed by atoms with Gasteiger partial charge in [0.05, 0.1) is 12.7 Å². The molecule has 1 heterocycles. The maximum absolute atomic E-state index is 12.8. The third kappa shape index (κ3) is 5.81. The zero-order valence-electron chi connectivity index (χ0n) is 17.8. The second-order valence-electron chi connectivity index (χ2n) is 7.45. The standard InChI is InChI=1S/C22H19F3N4O4S/c1-32-17-9-13(19(31)27-21-29-28-20(34-21)12-5-6-12)7-8-16(17)33-11-18(30)26-15-4-2-3-14(10-15)22(23,24)25/h2-4,7-10,12H,5-6,11H2,1H3,(H,26,30)(H,27,29,31). The van der Waals surface area contributed by atoms with E-state index in [-0.39, 0.29) is 22.7 Å². The summed E-state index contributed by atoms with van der Waals surface area (Å²) in [5.41, 5.74) is -0.608. The first-order valence-electron chi connectivity index (χ1n) is 10.2. The molecule has 2 amide bonds. The molecule has 178 valence electrons. The topological polar surface area (TPSA) is 102 Å². The fourth-order valence-corrected chi connectivity index (χ4v) is 3.90. The summed E-state index contributed by atoms with van der Waals surface area (Å²) in [5.74, 6) is -0.248. The SMILES string of the molecule is COc1cc(C(=O)Nc2nnc(C3CC3)s2)ccc1OCC(=O)Nc1cccc(C(F)(F)F)c1. The summed E-state index contributed by atoms with van der Waals surface area (Å²) in [7, 11) is 1.37. The fraction of sp³-hybridized carbons (Fsp3) is 0.273. The van der Waals surface area contributed by atoms with Crippen LogP contribution in [0.2, 0.25) is 0 Å². The number of hydrogen-bond acceptors (Lipinski definition) is 7. The number of alkyl halides is 3. The first-order chi connectivity index (χ1) is 16.2. The molecular weight excluding hydrogens is 473 g/mol. The number of methoxy groups -OCH3 is 1. The van der Waals surface area contributed by atoms with Crippen LogP contribution in [0, 0.1) is 0 Å². The number of carbonyl (C=O) groups excluding carboxylic acids is 2. The lowest BCUT2D eigenvalue weighted by Crippen LogP contribution is -2.20. The molecule has 0 bridgehead atoms. The Morgan fingerprint density at radius 2 is 1.88 bits per heavy atom. The molecule has 4 rings (SSSR count). The molecule has 3 aromatic rings. The molecule has 2 aromatic carbocycles. The van der Waals surface area contributed by atoms with Crippen molar-refractivity contribution in [1.82, 2.24) is 10.2 Å². The van der Waals surface area contributed by atoms with E-state index in [0.29, 0.717) is 11.0 Å². The molecule has 2 N–H and O–H groups in total. The highest BCUT2D eigenvalue weighted by atomic mass is 32.1. The lowest BCUT2D eigenvalue weighted by molar-refractivity contribution is -0.137. The van der Waals surface area contributed by atoms with Gasteiger partial charge in [-0.15, -0.1) is 10.2 Å². The molecule has 0 saturated heterocycles. The van der Waals surface area contributed by atoms with Crippen LogP contribution in [0.25, 0.3) is 0 Å². The molecule has 8 nitrogen and oxygen atoms in total. The molecule has 1 saturated carbocycles. The van der Waals surface area contributed by atoms with E-state index in [1.165, 1.54) is 48.8 Å². The highest BCUT2D eigenvalue weighted by Crippen LogP contribution is 2.42. The van der Waals surface area contributed by atoms with Crippen LogP contribution in [0.15, 0.2) is 42.5 Å². The second kappa shape index (κ2) is 9.67. The van der Waals surface area contributed by atoms with E-state index in [0.717, 1.165) is 30.0 Å². The van der Waals surface area contributed by atoms with Crippen molar-refractivity contribution in [1.29, 1.82) is 0 Å². The molecule has 0 unspecified atom stereocenters. The minimum absolute atomic E-state index is 0.0103. The quantitative estimate of drug-likeness (QED) is 0.472. The van der Waals surface area contributed by atoms with Crippen LogP contribution in [-0.4, -0.2) is 35.7 Å². The van der Waals surface area contributed by atoms with Gasteiger partial charge in [-0.3, -0.25) is 14.9 Å². The minimum atomic E-state index is -4.52. The van der Waals surface area contributed by atoms with E-state index < -0.39 is 30.2 Å². The molecule has 34 heavy (non-hydrogen) atoms. The molecule has 1 aliphatic rings. The number of anilines is 2. The molecule has 1 aliphatic carbocycles. The van der Waals surface area contributed by atoms with Gasteiger partial charge in [0.15, 0.2) is 18.1 Å². The average Bonchev–Trinajstić information content (AvgIpc) is 3.56. The van der Waals surface area contributed by atoms with Crippen LogP contribution < -0.4 is 20.1 Å². The Morgan fingerprint density at radius 1 is 1.09 bits per heavy atom. The van der Waals surface area contributed by atoms with Crippen molar-refractivity contribution in [3.05, 3.63) is 58.6 Å². The van der Waals surface area contributed by atoms with Crippen LogP contribution in [0.4, 0.5) is 24.0 Å². The van der Waals surface area contributed by atoms with Crippen molar-refractivity contribution in [3.63, 3.8) is 0 Å². The second-order valence-corrected chi connectivity index (χ2v) is 8.46. The third-order valence-electron chi connectivity index (χ3n) is 4.85. The number of benzene rings is 2.